The number of aldehydes is 1. The van der Waals surface area contributed by atoms with Crippen molar-refractivity contribution in [3.63, 3.8) is 0 Å². The van der Waals surface area contributed by atoms with Crippen molar-refractivity contribution < 1.29 is 14.3 Å². The van der Waals surface area contributed by atoms with Crippen LogP contribution >= 0.6 is 8.58 Å². The average molecular weight is 386 g/mol. The predicted octanol–water partition coefficient (Wildman–Crippen LogP) is 5.43. The molecule has 2 rings (SSSR count). The van der Waals surface area contributed by atoms with Gasteiger partial charge in [-0.3, -0.25) is 4.79 Å². The number of rotatable bonds is 9. The summed E-state index contributed by atoms with van der Waals surface area (Å²) in [6.07, 6.45) is 2.93. The molecule has 0 radical (unpaired) electrons. The van der Waals surface area contributed by atoms with E-state index in [1.807, 2.05) is 13.0 Å². The summed E-state index contributed by atoms with van der Waals surface area (Å²) in [4.78, 5) is 11.7. The Hall–Kier alpha value is -1.70. The van der Waals surface area contributed by atoms with E-state index in [0.29, 0.717) is 8.58 Å². The molecule has 0 aliphatic carbocycles. The van der Waals surface area contributed by atoms with Crippen molar-refractivity contribution in [1.29, 1.82) is 0 Å². The van der Waals surface area contributed by atoms with Gasteiger partial charge in [-0.2, -0.15) is 0 Å². The minimum Gasteiger partial charge on any atom is -0.467 e. The van der Waals surface area contributed by atoms with E-state index in [4.69, 9.17) is 9.47 Å². The monoisotopic (exact) mass is 386 g/mol. The molecule has 27 heavy (non-hydrogen) atoms. The predicted molar refractivity (Wildman–Crippen MR) is 115 cm³/mol. The number of aryl methyl sites for hydroxylation is 3. The lowest BCUT2D eigenvalue weighted by Crippen LogP contribution is -2.24. The standard InChI is InChI=1S/C23H31O3P/c1-7-23(8-2,27-21-10-9-16(3)12-19(21)14-24)20-13-17(4)11-18(5)22(20)26-15-25-6/h9-14,27H,7-8,15H2,1-6H3. The van der Waals surface area contributed by atoms with Crippen molar-refractivity contribution in [2.75, 3.05) is 13.9 Å². The van der Waals surface area contributed by atoms with Crippen LogP contribution in [0.4, 0.5) is 0 Å². The third-order valence-corrected chi connectivity index (χ3v) is 7.35. The van der Waals surface area contributed by atoms with Gasteiger partial charge < -0.3 is 9.47 Å². The van der Waals surface area contributed by atoms with Gasteiger partial charge in [-0.05, 0) is 50.5 Å². The maximum Gasteiger partial charge on any atom is 0.188 e. The van der Waals surface area contributed by atoms with E-state index in [9.17, 15) is 4.79 Å². The second kappa shape index (κ2) is 9.48. The third kappa shape index (κ3) is 4.78. The number of carbonyl (C=O) groups excluding carboxylic acids is 1. The summed E-state index contributed by atoms with van der Waals surface area (Å²) in [5.41, 5.74) is 5.47. The first kappa shape index (κ1) is 21.6. The van der Waals surface area contributed by atoms with Crippen LogP contribution in [0.25, 0.3) is 0 Å². The van der Waals surface area contributed by atoms with Crippen LogP contribution in [0.1, 0.15) is 59.3 Å². The first-order valence-electron chi connectivity index (χ1n) is 9.48. The van der Waals surface area contributed by atoms with Crippen LogP contribution in [-0.2, 0) is 9.89 Å². The Morgan fingerprint density at radius 1 is 1.04 bits per heavy atom. The Balaban J connectivity index is 2.61. The number of ether oxygens (including phenoxy) is 2. The number of benzene rings is 2. The van der Waals surface area contributed by atoms with Crippen molar-refractivity contribution in [3.05, 3.63) is 58.1 Å². The van der Waals surface area contributed by atoms with Crippen LogP contribution in [0.15, 0.2) is 30.3 Å². The van der Waals surface area contributed by atoms with E-state index in [1.54, 1.807) is 7.11 Å². The van der Waals surface area contributed by atoms with Gasteiger partial charge in [-0.25, -0.2) is 0 Å². The van der Waals surface area contributed by atoms with E-state index < -0.39 is 0 Å². The normalized spacial score (nSPS) is 11.9. The molecule has 1 unspecified atom stereocenters. The van der Waals surface area contributed by atoms with Gasteiger partial charge in [0.2, 0.25) is 0 Å². The zero-order valence-electron chi connectivity index (χ0n) is 17.3. The average Bonchev–Trinajstić information content (AvgIpc) is 2.66. The first-order valence-corrected chi connectivity index (χ1v) is 10.5. The van der Waals surface area contributed by atoms with Gasteiger partial charge in [-0.1, -0.05) is 57.8 Å². The second-order valence-corrected chi connectivity index (χ2v) is 8.88. The lowest BCUT2D eigenvalue weighted by atomic mass is 9.89. The number of hydrogen-bond acceptors (Lipinski definition) is 3. The van der Waals surface area contributed by atoms with Gasteiger partial charge in [-0.15, -0.1) is 0 Å². The highest BCUT2D eigenvalue weighted by molar-refractivity contribution is 7.48. The van der Waals surface area contributed by atoms with Crippen LogP contribution < -0.4 is 10.0 Å². The maximum atomic E-state index is 11.7. The summed E-state index contributed by atoms with van der Waals surface area (Å²) in [6, 6.07) is 10.6. The molecule has 0 heterocycles. The van der Waals surface area contributed by atoms with Gasteiger partial charge in [0.1, 0.15) is 5.75 Å². The van der Waals surface area contributed by atoms with Gasteiger partial charge in [0.05, 0.1) is 0 Å². The quantitative estimate of drug-likeness (QED) is 0.328. The Morgan fingerprint density at radius 3 is 2.33 bits per heavy atom. The van der Waals surface area contributed by atoms with E-state index in [0.717, 1.165) is 46.9 Å². The van der Waals surface area contributed by atoms with Gasteiger partial charge in [0.15, 0.2) is 13.1 Å². The van der Waals surface area contributed by atoms with Crippen molar-refractivity contribution in [3.8, 4) is 5.75 Å². The number of carbonyl (C=O) groups is 1. The zero-order chi connectivity index (χ0) is 20.0. The molecule has 0 aromatic heterocycles. The minimum absolute atomic E-state index is 0.0765. The molecule has 3 nitrogen and oxygen atoms in total. The molecular weight excluding hydrogens is 355 g/mol. The molecule has 1 atom stereocenters. The van der Waals surface area contributed by atoms with Crippen LogP contribution in [0.3, 0.4) is 0 Å². The zero-order valence-corrected chi connectivity index (χ0v) is 18.3. The minimum atomic E-state index is -0.0765. The molecular formula is C23H31O3P. The molecule has 0 spiro atoms. The van der Waals surface area contributed by atoms with Crippen molar-refractivity contribution >= 4 is 20.2 Å². The second-order valence-electron chi connectivity index (χ2n) is 7.13. The Kier molecular flexibility index (Phi) is 7.59. The lowest BCUT2D eigenvalue weighted by Gasteiger charge is -2.35. The van der Waals surface area contributed by atoms with E-state index >= 15 is 0 Å². The molecule has 146 valence electrons. The molecule has 2 aromatic carbocycles. The molecule has 0 amide bonds. The Morgan fingerprint density at radius 2 is 1.74 bits per heavy atom. The highest BCUT2D eigenvalue weighted by Crippen LogP contribution is 2.51. The molecule has 0 saturated heterocycles. The maximum absolute atomic E-state index is 11.7. The third-order valence-electron chi connectivity index (χ3n) is 5.17. The van der Waals surface area contributed by atoms with Crippen LogP contribution in [0.2, 0.25) is 0 Å². The summed E-state index contributed by atoms with van der Waals surface area (Å²) < 4.78 is 11.2. The molecule has 0 fully saturated rings. The summed E-state index contributed by atoms with van der Waals surface area (Å²) in [5.74, 6) is 0.915. The molecule has 0 aliphatic rings. The van der Waals surface area contributed by atoms with Gasteiger partial charge >= 0.3 is 0 Å². The Labute approximate surface area is 165 Å². The van der Waals surface area contributed by atoms with E-state index in [-0.39, 0.29) is 11.9 Å². The SMILES string of the molecule is CCC(CC)(Pc1ccc(C)cc1C=O)c1cc(C)cc(C)c1OCOC. The van der Waals surface area contributed by atoms with Gasteiger partial charge in [0, 0.05) is 23.4 Å². The molecule has 0 N–H and O–H groups in total. The van der Waals surface area contributed by atoms with Crippen molar-refractivity contribution in [2.24, 2.45) is 0 Å². The smallest absolute Gasteiger partial charge is 0.188 e. The summed E-state index contributed by atoms with van der Waals surface area (Å²) >= 11 is 0. The molecule has 0 bridgehead atoms. The Bertz CT molecular complexity index is 794. The fraction of sp³-hybridized carbons (Fsp3) is 0.435. The highest BCUT2D eigenvalue weighted by atomic mass is 31.1. The fourth-order valence-electron chi connectivity index (χ4n) is 3.65. The number of hydrogen-bond donors (Lipinski definition) is 0. The fourth-order valence-corrected chi connectivity index (χ4v) is 5.28. The largest absolute Gasteiger partial charge is 0.467 e. The number of methoxy groups -OCH3 is 1. The van der Waals surface area contributed by atoms with Crippen LogP contribution in [0.5, 0.6) is 5.75 Å². The van der Waals surface area contributed by atoms with Crippen LogP contribution in [-0.4, -0.2) is 20.2 Å². The first-order chi connectivity index (χ1) is 12.9. The molecule has 0 aliphatic heterocycles. The van der Waals surface area contributed by atoms with Crippen molar-refractivity contribution in [1.82, 2.24) is 0 Å². The van der Waals surface area contributed by atoms with E-state index in [1.165, 1.54) is 11.1 Å². The van der Waals surface area contributed by atoms with Gasteiger partial charge in [0.25, 0.3) is 0 Å². The molecule has 2 aromatic rings. The summed E-state index contributed by atoms with van der Waals surface area (Å²) in [7, 11) is 2.13. The summed E-state index contributed by atoms with van der Waals surface area (Å²) in [5, 5.41) is 1.04. The summed E-state index contributed by atoms with van der Waals surface area (Å²) in [6.45, 7) is 10.9. The van der Waals surface area contributed by atoms with Crippen molar-refractivity contribution in [2.45, 2.75) is 52.6 Å². The molecule has 4 heteroatoms. The van der Waals surface area contributed by atoms with Crippen LogP contribution in [0, 0.1) is 20.8 Å². The van der Waals surface area contributed by atoms with E-state index in [2.05, 4.69) is 52.0 Å². The highest BCUT2D eigenvalue weighted by Gasteiger charge is 2.33. The lowest BCUT2D eigenvalue weighted by molar-refractivity contribution is 0.0494. The topological polar surface area (TPSA) is 35.5 Å². The molecule has 0 saturated carbocycles.